The SMILES string of the molecule is CC(=O)NCCC(C)(C)OCCC(C)(C)NC(=O)c1ccc(N2C(=O)N=NC2=O)cc1. The van der Waals surface area contributed by atoms with Gasteiger partial charge in [-0.25, -0.2) is 14.5 Å². The highest BCUT2D eigenvalue weighted by molar-refractivity contribution is 6.17. The van der Waals surface area contributed by atoms with E-state index in [1.54, 1.807) is 0 Å². The molecule has 0 saturated heterocycles. The summed E-state index contributed by atoms with van der Waals surface area (Å²) in [4.78, 5) is 47.6. The number of ether oxygens (including phenoxy) is 1. The highest BCUT2D eigenvalue weighted by atomic mass is 16.5. The van der Waals surface area contributed by atoms with Crippen molar-refractivity contribution in [2.75, 3.05) is 18.1 Å². The van der Waals surface area contributed by atoms with Gasteiger partial charge in [0.05, 0.1) is 11.3 Å². The molecule has 6 amide bonds. The number of anilines is 1. The summed E-state index contributed by atoms with van der Waals surface area (Å²) in [6, 6.07) is 4.53. The molecule has 0 spiro atoms. The smallest absolute Gasteiger partial charge is 0.375 e. The second kappa shape index (κ2) is 9.78. The summed E-state index contributed by atoms with van der Waals surface area (Å²) < 4.78 is 5.94. The first-order valence-electron chi connectivity index (χ1n) is 10.0. The fraction of sp³-hybridized carbons (Fsp3) is 0.524. The number of nitrogens with zero attached hydrogens (tertiary/aromatic N) is 3. The zero-order chi connectivity index (χ0) is 23.2. The van der Waals surface area contributed by atoms with Crippen LogP contribution in [0, 0.1) is 0 Å². The lowest BCUT2D eigenvalue weighted by Gasteiger charge is -2.30. The Morgan fingerprint density at radius 3 is 2.13 bits per heavy atom. The number of azo groups is 1. The predicted molar refractivity (Wildman–Crippen MR) is 114 cm³/mol. The van der Waals surface area contributed by atoms with Crippen LogP contribution in [0.15, 0.2) is 34.5 Å². The molecule has 1 aliphatic rings. The standard InChI is InChI=1S/C21H29N5O5/c1-14(27)22-12-10-21(4,5)31-13-11-20(2,3)23-17(28)15-6-8-16(9-7-15)26-18(29)24-25-19(26)30/h6-9H,10-13H2,1-5H3,(H,22,27)(H,23,28). The van der Waals surface area contributed by atoms with Crippen LogP contribution in [0.3, 0.4) is 0 Å². The van der Waals surface area contributed by atoms with Crippen LogP contribution in [-0.2, 0) is 9.53 Å². The number of nitrogens with one attached hydrogen (secondary N) is 2. The maximum absolute atomic E-state index is 12.6. The van der Waals surface area contributed by atoms with Crippen molar-refractivity contribution >= 4 is 29.6 Å². The van der Waals surface area contributed by atoms with Crippen molar-refractivity contribution < 1.29 is 23.9 Å². The number of urea groups is 2. The van der Waals surface area contributed by atoms with E-state index in [9.17, 15) is 19.2 Å². The number of hydrogen-bond donors (Lipinski definition) is 2. The van der Waals surface area contributed by atoms with Gasteiger partial charge in [0.1, 0.15) is 0 Å². The van der Waals surface area contributed by atoms with Gasteiger partial charge < -0.3 is 15.4 Å². The van der Waals surface area contributed by atoms with E-state index >= 15 is 0 Å². The normalized spacial score (nSPS) is 14.2. The van der Waals surface area contributed by atoms with Crippen molar-refractivity contribution in [3.8, 4) is 0 Å². The summed E-state index contributed by atoms with van der Waals surface area (Å²) >= 11 is 0. The van der Waals surface area contributed by atoms with Gasteiger partial charge in [-0.15, -0.1) is 0 Å². The average molecular weight is 431 g/mol. The monoisotopic (exact) mass is 431 g/mol. The van der Waals surface area contributed by atoms with Gasteiger partial charge in [0.2, 0.25) is 5.91 Å². The Bertz CT molecular complexity index is 859. The molecule has 1 heterocycles. The first-order chi connectivity index (χ1) is 14.4. The van der Waals surface area contributed by atoms with Crippen molar-refractivity contribution in [1.82, 2.24) is 10.6 Å². The van der Waals surface area contributed by atoms with Gasteiger partial charge in [-0.1, -0.05) is 10.2 Å². The first-order valence-corrected chi connectivity index (χ1v) is 10.0. The number of amides is 6. The third kappa shape index (κ3) is 7.25. The van der Waals surface area contributed by atoms with Crippen molar-refractivity contribution in [3.63, 3.8) is 0 Å². The molecule has 0 aliphatic carbocycles. The van der Waals surface area contributed by atoms with E-state index in [0.29, 0.717) is 37.2 Å². The number of rotatable bonds is 10. The van der Waals surface area contributed by atoms with Crippen LogP contribution in [0.2, 0.25) is 0 Å². The van der Waals surface area contributed by atoms with E-state index in [4.69, 9.17) is 4.74 Å². The summed E-state index contributed by atoms with van der Waals surface area (Å²) in [5.41, 5.74) is -0.240. The number of benzene rings is 1. The van der Waals surface area contributed by atoms with E-state index in [1.807, 2.05) is 27.7 Å². The van der Waals surface area contributed by atoms with Gasteiger partial charge in [0.15, 0.2) is 0 Å². The quantitative estimate of drug-likeness (QED) is 0.586. The largest absolute Gasteiger partial charge is 0.375 e. The Morgan fingerprint density at radius 1 is 1.00 bits per heavy atom. The molecule has 0 aromatic heterocycles. The summed E-state index contributed by atoms with van der Waals surface area (Å²) in [5, 5.41) is 12.1. The summed E-state index contributed by atoms with van der Waals surface area (Å²) in [6.45, 7) is 10.2. The lowest BCUT2D eigenvalue weighted by Crippen LogP contribution is -2.45. The van der Waals surface area contributed by atoms with Gasteiger partial charge in [0, 0.05) is 31.2 Å². The van der Waals surface area contributed by atoms with Crippen LogP contribution in [0.4, 0.5) is 15.3 Å². The van der Waals surface area contributed by atoms with Gasteiger partial charge in [-0.2, -0.15) is 0 Å². The topological polar surface area (TPSA) is 130 Å². The molecule has 0 saturated carbocycles. The maximum atomic E-state index is 12.6. The second-order valence-electron chi connectivity index (χ2n) is 8.58. The molecule has 0 atom stereocenters. The minimum Gasteiger partial charge on any atom is -0.375 e. The molecular formula is C21H29N5O5. The van der Waals surface area contributed by atoms with E-state index in [-0.39, 0.29) is 11.8 Å². The average Bonchev–Trinajstić information content (AvgIpc) is 2.99. The van der Waals surface area contributed by atoms with E-state index in [0.717, 1.165) is 4.90 Å². The van der Waals surface area contributed by atoms with E-state index < -0.39 is 23.2 Å². The number of hydrogen-bond acceptors (Lipinski definition) is 5. The van der Waals surface area contributed by atoms with Gasteiger partial charge >= 0.3 is 12.1 Å². The molecule has 1 aromatic carbocycles. The molecule has 10 nitrogen and oxygen atoms in total. The van der Waals surface area contributed by atoms with Crippen LogP contribution in [0.5, 0.6) is 0 Å². The summed E-state index contributed by atoms with van der Waals surface area (Å²) in [6.07, 6.45) is 1.26. The number of carbonyl (C=O) groups excluding carboxylic acids is 4. The highest BCUT2D eigenvalue weighted by Gasteiger charge is 2.29. The maximum Gasteiger partial charge on any atom is 0.375 e. The Hall–Kier alpha value is -3.14. The molecular weight excluding hydrogens is 402 g/mol. The van der Waals surface area contributed by atoms with Crippen LogP contribution in [0.1, 0.15) is 57.8 Å². The first kappa shape index (κ1) is 24.1. The van der Waals surface area contributed by atoms with Crippen LogP contribution in [-0.4, -0.2) is 48.2 Å². The van der Waals surface area contributed by atoms with Crippen molar-refractivity contribution in [2.45, 2.75) is 58.6 Å². The lowest BCUT2D eigenvalue weighted by molar-refractivity contribution is -0.119. The zero-order valence-corrected chi connectivity index (χ0v) is 18.5. The Balaban J connectivity index is 1.85. The summed E-state index contributed by atoms with van der Waals surface area (Å²) in [7, 11) is 0. The lowest BCUT2D eigenvalue weighted by atomic mass is 9.99. The van der Waals surface area contributed by atoms with Gasteiger partial charge in [0.25, 0.3) is 5.91 Å². The fourth-order valence-electron chi connectivity index (χ4n) is 2.88. The Kier molecular flexibility index (Phi) is 7.61. The molecule has 31 heavy (non-hydrogen) atoms. The molecule has 0 unspecified atom stereocenters. The van der Waals surface area contributed by atoms with Crippen LogP contribution < -0.4 is 15.5 Å². The van der Waals surface area contributed by atoms with Crippen LogP contribution >= 0.6 is 0 Å². The molecule has 0 bridgehead atoms. The van der Waals surface area contributed by atoms with Gasteiger partial charge in [-0.3, -0.25) is 9.59 Å². The molecule has 2 rings (SSSR count). The zero-order valence-electron chi connectivity index (χ0n) is 18.5. The van der Waals surface area contributed by atoms with Crippen LogP contribution in [0.25, 0.3) is 0 Å². The Morgan fingerprint density at radius 2 is 1.58 bits per heavy atom. The van der Waals surface area contributed by atoms with E-state index in [2.05, 4.69) is 20.9 Å². The number of imide groups is 1. The van der Waals surface area contributed by atoms with Crippen molar-refractivity contribution in [1.29, 1.82) is 0 Å². The number of carbonyl (C=O) groups is 4. The Labute approximate surface area is 181 Å². The minimum absolute atomic E-state index is 0.0729. The van der Waals surface area contributed by atoms with Gasteiger partial charge in [-0.05, 0) is 64.8 Å². The van der Waals surface area contributed by atoms with Crippen molar-refractivity contribution in [3.05, 3.63) is 29.8 Å². The van der Waals surface area contributed by atoms with E-state index in [1.165, 1.54) is 31.2 Å². The van der Waals surface area contributed by atoms with Crippen molar-refractivity contribution in [2.24, 2.45) is 10.2 Å². The molecule has 0 fully saturated rings. The molecule has 10 heteroatoms. The predicted octanol–water partition coefficient (Wildman–Crippen LogP) is 3.42. The highest BCUT2D eigenvalue weighted by Crippen LogP contribution is 2.22. The molecule has 0 radical (unpaired) electrons. The second-order valence-corrected chi connectivity index (χ2v) is 8.58. The fourth-order valence-corrected chi connectivity index (χ4v) is 2.88. The third-order valence-electron chi connectivity index (χ3n) is 4.76. The summed E-state index contributed by atoms with van der Waals surface area (Å²) in [5.74, 6) is -0.355. The minimum atomic E-state index is -0.761. The molecule has 168 valence electrons. The molecule has 1 aliphatic heterocycles. The third-order valence-corrected chi connectivity index (χ3v) is 4.76. The molecule has 1 aromatic rings. The molecule has 2 N–H and O–H groups in total.